The van der Waals surface area contributed by atoms with E-state index in [2.05, 4.69) is 40.5 Å². The molecule has 2 aromatic heterocycles. The SMILES string of the molecule is O=S(=O)(O)c1cccc(Cc2nc(Cl)nc(Nc3ccc(/C=C/c4ccc(Cc5nc(Cl)nc(Nc6ccccc6S(=O)(=O)O)n5)cc4)c(S(=O)(=O)O)c3)n2)c1. The van der Waals surface area contributed by atoms with Crippen LogP contribution in [0.15, 0.2) is 106 Å². The molecular formula is C34H26Cl2N8O9S3. The molecule has 0 unspecified atom stereocenters. The maximum atomic E-state index is 12.4. The van der Waals surface area contributed by atoms with E-state index in [4.69, 9.17) is 23.2 Å². The molecule has 0 radical (unpaired) electrons. The highest BCUT2D eigenvalue weighted by atomic mass is 35.5. The average molecular weight is 858 g/mol. The van der Waals surface area contributed by atoms with Crippen molar-refractivity contribution in [3.8, 4) is 0 Å². The standard InChI is InChI=1S/C34H26Cl2N8O9S3/c35-31-40-30(18-22-4-3-5-25(16-22)54(45,46)47)41-33(43-31)37-24-15-14-23(28(19-24)56(51,52)53)13-12-20-8-10-21(11-9-20)17-29-39-32(36)44-34(42-29)38-26-6-1-2-7-27(26)55(48,49)50/h1-16,19H,17-18H2,(H,45,46,47)(H,48,49,50)(H,51,52,53)(H,37,40,41,43)(H,38,39,42,44)/b13-12+. The second-order valence-corrected chi connectivity index (χ2v) is 16.6. The third kappa shape index (κ3) is 10.6. The van der Waals surface area contributed by atoms with Gasteiger partial charge in [0.2, 0.25) is 22.5 Å². The highest BCUT2D eigenvalue weighted by Gasteiger charge is 2.18. The minimum absolute atomic E-state index is 0.0168. The van der Waals surface area contributed by atoms with E-state index < -0.39 is 35.2 Å². The van der Waals surface area contributed by atoms with E-state index in [0.717, 1.165) is 5.56 Å². The van der Waals surface area contributed by atoms with Crippen LogP contribution < -0.4 is 10.6 Å². The van der Waals surface area contributed by atoms with Crippen molar-refractivity contribution in [1.29, 1.82) is 0 Å². The zero-order valence-electron chi connectivity index (χ0n) is 28.2. The number of halogens is 2. The molecule has 5 N–H and O–H groups in total. The van der Waals surface area contributed by atoms with Gasteiger partial charge in [-0.25, -0.2) is 9.97 Å². The first-order valence-corrected chi connectivity index (χ1v) is 20.8. The maximum absolute atomic E-state index is 12.4. The van der Waals surface area contributed by atoms with E-state index in [-0.39, 0.29) is 73.7 Å². The molecule has 288 valence electrons. The second-order valence-electron chi connectivity index (χ2n) is 11.7. The fourth-order valence-electron chi connectivity index (χ4n) is 5.18. The van der Waals surface area contributed by atoms with Crippen LogP contribution in [0.25, 0.3) is 12.2 Å². The molecule has 6 aromatic rings. The molecule has 17 nitrogen and oxygen atoms in total. The van der Waals surface area contributed by atoms with Crippen molar-refractivity contribution in [2.75, 3.05) is 10.6 Å². The van der Waals surface area contributed by atoms with Gasteiger partial charge in [0, 0.05) is 18.5 Å². The van der Waals surface area contributed by atoms with Crippen LogP contribution in [-0.2, 0) is 43.2 Å². The number of aromatic nitrogens is 6. The summed E-state index contributed by atoms with van der Waals surface area (Å²) in [6, 6.07) is 22.3. The summed E-state index contributed by atoms with van der Waals surface area (Å²) in [5.41, 5.74) is 2.25. The van der Waals surface area contributed by atoms with E-state index in [9.17, 15) is 38.9 Å². The van der Waals surface area contributed by atoms with E-state index in [1.54, 1.807) is 42.5 Å². The van der Waals surface area contributed by atoms with E-state index in [0.29, 0.717) is 11.1 Å². The predicted octanol–water partition coefficient (Wildman–Crippen LogP) is 5.94. The normalized spacial score (nSPS) is 12.2. The lowest BCUT2D eigenvalue weighted by Gasteiger charge is -2.10. The van der Waals surface area contributed by atoms with Gasteiger partial charge >= 0.3 is 0 Å². The van der Waals surface area contributed by atoms with Crippen LogP contribution in [0.5, 0.6) is 0 Å². The molecule has 0 saturated carbocycles. The quantitative estimate of drug-likeness (QED) is 0.0664. The van der Waals surface area contributed by atoms with Crippen molar-refractivity contribution in [2.24, 2.45) is 0 Å². The number of hydrogen-bond donors (Lipinski definition) is 5. The topological polar surface area (TPSA) is 265 Å². The molecule has 4 aromatic carbocycles. The van der Waals surface area contributed by atoms with Crippen LogP contribution in [0, 0.1) is 0 Å². The molecule has 6 rings (SSSR count). The monoisotopic (exact) mass is 856 g/mol. The Morgan fingerprint density at radius 1 is 0.554 bits per heavy atom. The van der Waals surface area contributed by atoms with Crippen LogP contribution in [0.2, 0.25) is 10.6 Å². The molecule has 56 heavy (non-hydrogen) atoms. The Hall–Kier alpha value is -5.45. The van der Waals surface area contributed by atoms with Crippen molar-refractivity contribution in [1.82, 2.24) is 29.9 Å². The van der Waals surface area contributed by atoms with Crippen molar-refractivity contribution in [3.05, 3.63) is 135 Å². The summed E-state index contributed by atoms with van der Waals surface area (Å²) >= 11 is 12.2. The zero-order chi connectivity index (χ0) is 40.3. The van der Waals surface area contributed by atoms with Crippen molar-refractivity contribution in [2.45, 2.75) is 27.5 Å². The number of anilines is 4. The summed E-state index contributed by atoms with van der Waals surface area (Å²) in [6.45, 7) is 0. The number of nitrogens with zero attached hydrogens (tertiary/aromatic N) is 6. The first kappa shape index (κ1) is 40.2. The fourth-order valence-corrected chi connectivity index (χ4v) is 7.45. The smallest absolute Gasteiger partial charge is 0.296 e. The zero-order valence-corrected chi connectivity index (χ0v) is 32.1. The Morgan fingerprint density at radius 2 is 1.16 bits per heavy atom. The van der Waals surface area contributed by atoms with Crippen LogP contribution >= 0.6 is 23.2 Å². The molecule has 0 bridgehead atoms. The Balaban J connectivity index is 1.16. The number of rotatable bonds is 13. The Morgan fingerprint density at radius 3 is 1.79 bits per heavy atom. The predicted molar refractivity (Wildman–Crippen MR) is 206 cm³/mol. The fraction of sp³-hybridized carbons (Fsp3) is 0.0588. The van der Waals surface area contributed by atoms with Crippen LogP contribution in [0.1, 0.15) is 33.9 Å². The van der Waals surface area contributed by atoms with E-state index >= 15 is 0 Å². The van der Waals surface area contributed by atoms with Gasteiger partial charge < -0.3 is 10.6 Å². The molecule has 0 aliphatic rings. The van der Waals surface area contributed by atoms with Gasteiger partial charge in [0.05, 0.1) is 10.6 Å². The van der Waals surface area contributed by atoms with Gasteiger partial charge in [-0.1, -0.05) is 66.7 Å². The molecule has 0 atom stereocenters. The average Bonchev–Trinajstić information content (AvgIpc) is 3.10. The largest absolute Gasteiger partial charge is 0.324 e. The lowest BCUT2D eigenvalue weighted by molar-refractivity contribution is 0.481. The number of benzene rings is 4. The summed E-state index contributed by atoms with van der Waals surface area (Å²) < 4.78 is 100. The molecule has 0 aliphatic heterocycles. The molecular weight excluding hydrogens is 832 g/mol. The lowest BCUT2D eigenvalue weighted by Crippen LogP contribution is -2.07. The number of nitrogens with one attached hydrogen (secondary N) is 2. The molecule has 22 heteroatoms. The first-order valence-electron chi connectivity index (χ1n) is 15.8. The van der Waals surface area contributed by atoms with Crippen molar-refractivity contribution < 1.29 is 38.9 Å². The van der Waals surface area contributed by atoms with Gasteiger partial charge in [-0.3, -0.25) is 13.7 Å². The summed E-state index contributed by atoms with van der Waals surface area (Å²) in [6.07, 6.45) is 3.35. The van der Waals surface area contributed by atoms with Crippen molar-refractivity contribution >= 4 is 89.0 Å². The van der Waals surface area contributed by atoms with E-state index in [1.165, 1.54) is 60.7 Å². The molecule has 0 amide bonds. The van der Waals surface area contributed by atoms with Gasteiger partial charge in [0.1, 0.15) is 21.4 Å². The first-order chi connectivity index (χ1) is 26.4. The summed E-state index contributed by atoms with van der Waals surface area (Å²) in [4.78, 5) is 23.7. The van der Waals surface area contributed by atoms with Gasteiger partial charge in [-0.05, 0) is 81.9 Å². The minimum Gasteiger partial charge on any atom is -0.324 e. The number of para-hydroxylation sites is 1. The van der Waals surface area contributed by atoms with Gasteiger partial charge in [0.25, 0.3) is 30.4 Å². The number of hydrogen-bond acceptors (Lipinski definition) is 14. The Labute approximate surface area is 329 Å². The minimum atomic E-state index is -4.72. The molecule has 0 spiro atoms. The van der Waals surface area contributed by atoms with Gasteiger partial charge in [-0.2, -0.15) is 45.2 Å². The highest BCUT2D eigenvalue weighted by Crippen LogP contribution is 2.26. The van der Waals surface area contributed by atoms with Gasteiger partial charge in [0.15, 0.2) is 0 Å². The Kier molecular flexibility index (Phi) is 11.7. The third-order valence-electron chi connectivity index (χ3n) is 7.62. The molecule has 2 heterocycles. The lowest BCUT2D eigenvalue weighted by atomic mass is 10.1. The van der Waals surface area contributed by atoms with Crippen LogP contribution in [0.4, 0.5) is 23.3 Å². The molecule has 0 saturated heterocycles. The van der Waals surface area contributed by atoms with Crippen LogP contribution in [0.3, 0.4) is 0 Å². The van der Waals surface area contributed by atoms with Crippen LogP contribution in [-0.4, -0.2) is 68.8 Å². The maximum Gasteiger partial charge on any atom is 0.296 e. The Bertz CT molecular complexity index is 2830. The second kappa shape index (κ2) is 16.3. The molecule has 0 fully saturated rings. The summed E-state index contributed by atoms with van der Waals surface area (Å²) in [5.74, 6) is 0.285. The van der Waals surface area contributed by atoms with Gasteiger partial charge in [-0.15, -0.1) is 0 Å². The van der Waals surface area contributed by atoms with Crippen molar-refractivity contribution in [3.63, 3.8) is 0 Å². The highest BCUT2D eigenvalue weighted by molar-refractivity contribution is 7.86. The van der Waals surface area contributed by atoms with E-state index in [1.807, 2.05) is 0 Å². The summed E-state index contributed by atoms with van der Waals surface area (Å²) in [7, 11) is -13.7. The molecule has 0 aliphatic carbocycles. The summed E-state index contributed by atoms with van der Waals surface area (Å²) in [5, 5.41) is 5.21. The third-order valence-corrected chi connectivity index (χ3v) is 10.6.